The molecule has 0 aliphatic heterocycles. The molecule has 1 aromatic rings. The van der Waals surface area contributed by atoms with Crippen molar-refractivity contribution in [1.82, 2.24) is 4.90 Å². The van der Waals surface area contributed by atoms with Crippen LogP contribution in [0.1, 0.15) is 17.3 Å². The lowest BCUT2D eigenvalue weighted by Crippen LogP contribution is -2.31. The summed E-state index contributed by atoms with van der Waals surface area (Å²) >= 11 is 5.51. The zero-order valence-electron chi connectivity index (χ0n) is 8.70. The molecule has 3 nitrogen and oxygen atoms in total. The van der Waals surface area contributed by atoms with Gasteiger partial charge in [-0.2, -0.15) is 5.26 Å². The van der Waals surface area contributed by atoms with Gasteiger partial charge in [-0.05, 0) is 25.1 Å². The van der Waals surface area contributed by atoms with Gasteiger partial charge in [-0.15, -0.1) is 0 Å². The summed E-state index contributed by atoms with van der Waals surface area (Å²) in [6.45, 7) is 2.14. The van der Waals surface area contributed by atoms with Crippen LogP contribution in [0.5, 0.6) is 0 Å². The van der Waals surface area contributed by atoms with Gasteiger partial charge in [0.2, 0.25) is 0 Å². The smallest absolute Gasteiger partial charge is 0.254 e. The molecule has 16 heavy (non-hydrogen) atoms. The summed E-state index contributed by atoms with van der Waals surface area (Å²) in [6, 6.07) is 5.72. The predicted octanol–water partition coefficient (Wildman–Crippen LogP) is 2.46. The number of nitrogens with zero attached hydrogens (tertiary/aromatic N) is 2. The fraction of sp³-hybridized carbons (Fsp3) is 0.273. The fourth-order valence-corrected chi connectivity index (χ4v) is 1.34. The third-order valence-electron chi connectivity index (χ3n) is 2.10. The molecule has 0 atom stereocenters. The minimum absolute atomic E-state index is 0.0143. The van der Waals surface area contributed by atoms with Crippen molar-refractivity contribution >= 4 is 17.5 Å². The van der Waals surface area contributed by atoms with Crippen LogP contribution in [0.3, 0.4) is 0 Å². The topological polar surface area (TPSA) is 44.1 Å². The molecule has 0 unspecified atom stereocenters. The molecule has 5 heteroatoms. The Hall–Kier alpha value is -1.60. The van der Waals surface area contributed by atoms with Crippen LogP contribution < -0.4 is 0 Å². The fourth-order valence-electron chi connectivity index (χ4n) is 1.22. The maximum atomic E-state index is 13.1. The van der Waals surface area contributed by atoms with Gasteiger partial charge in [0.25, 0.3) is 5.91 Å². The molecule has 1 rings (SSSR count). The number of hydrogen-bond donors (Lipinski definition) is 0. The molecule has 84 valence electrons. The zero-order valence-corrected chi connectivity index (χ0v) is 9.46. The Balaban J connectivity index is 2.95. The molecule has 0 bridgehead atoms. The maximum absolute atomic E-state index is 13.1. The monoisotopic (exact) mass is 240 g/mol. The second-order valence-electron chi connectivity index (χ2n) is 3.11. The Bertz CT molecular complexity index is 442. The van der Waals surface area contributed by atoms with Gasteiger partial charge in [-0.3, -0.25) is 4.79 Å². The minimum Gasteiger partial charge on any atom is -0.326 e. The number of amides is 1. The van der Waals surface area contributed by atoms with Crippen LogP contribution in [0, 0.1) is 17.1 Å². The molecule has 0 fully saturated rings. The first kappa shape index (κ1) is 12.5. The number of halogens is 2. The standard InChI is InChI=1S/C11H10ClFN2O/c1-2-15(6-5-14)11(16)8-3-4-9(12)10(13)7-8/h3-4,7H,2,6H2,1H3. The number of benzene rings is 1. The molecular weight excluding hydrogens is 231 g/mol. The lowest BCUT2D eigenvalue weighted by molar-refractivity contribution is 0.0783. The summed E-state index contributed by atoms with van der Waals surface area (Å²) in [6.07, 6.45) is 0. The van der Waals surface area contributed by atoms with E-state index in [4.69, 9.17) is 16.9 Å². The summed E-state index contributed by atoms with van der Waals surface area (Å²) in [5.74, 6) is -1.01. The van der Waals surface area contributed by atoms with E-state index in [1.807, 2.05) is 6.07 Å². The van der Waals surface area contributed by atoms with E-state index in [0.717, 1.165) is 6.07 Å². The molecule has 0 radical (unpaired) electrons. The van der Waals surface area contributed by atoms with E-state index in [2.05, 4.69) is 0 Å². The van der Waals surface area contributed by atoms with Crippen LogP contribution in [0.15, 0.2) is 18.2 Å². The van der Waals surface area contributed by atoms with E-state index in [0.29, 0.717) is 6.54 Å². The Morgan fingerprint density at radius 2 is 2.31 bits per heavy atom. The van der Waals surface area contributed by atoms with Gasteiger partial charge in [0, 0.05) is 12.1 Å². The number of carbonyl (C=O) groups is 1. The van der Waals surface area contributed by atoms with Crippen LogP contribution in [0.25, 0.3) is 0 Å². The maximum Gasteiger partial charge on any atom is 0.254 e. The lowest BCUT2D eigenvalue weighted by Gasteiger charge is -2.17. The van der Waals surface area contributed by atoms with Crippen LogP contribution in [-0.2, 0) is 0 Å². The van der Waals surface area contributed by atoms with Gasteiger partial charge < -0.3 is 4.90 Å². The largest absolute Gasteiger partial charge is 0.326 e. The van der Waals surface area contributed by atoms with E-state index >= 15 is 0 Å². The van der Waals surface area contributed by atoms with E-state index in [9.17, 15) is 9.18 Å². The molecular formula is C11H10ClFN2O. The molecule has 0 saturated carbocycles. The first-order valence-corrected chi connectivity index (χ1v) is 5.09. The van der Waals surface area contributed by atoms with Crippen molar-refractivity contribution in [2.45, 2.75) is 6.92 Å². The minimum atomic E-state index is -0.638. The van der Waals surface area contributed by atoms with Crippen molar-refractivity contribution in [2.24, 2.45) is 0 Å². The van der Waals surface area contributed by atoms with E-state index in [-0.39, 0.29) is 23.0 Å². The average Bonchev–Trinajstić information content (AvgIpc) is 2.28. The highest BCUT2D eigenvalue weighted by Gasteiger charge is 2.14. The molecule has 0 aliphatic rings. The third kappa shape index (κ3) is 2.71. The normalized spacial score (nSPS) is 9.62. The summed E-state index contributed by atoms with van der Waals surface area (Å²) in [7, 11) is 0. The van der Waals surface area contributed by atoms with Gasteiger partial charge >= 0.3 is 0 Å². The Morgan fingerprint density at radius 1 is 1.62 bits per heavy atom. The summed E-state index contributed by atoms with van der Waals surface area (Å²) in [5, 5.41) is 8.50. The summed E-state index contributed by atoms with van der Waals surface area (Å²) in [5.41, 5.74) is 0.194. The average molecular weight is 241 g/mol. The molecule has 0 saturated heterocycles. The lowest BCUT2D eigenvalue weighted by atomic mass is 10.2. The second-order valence-corrected chi connectivity index (χ2v) is 3.51. The van der Waals surface area contributed by atoms with Crippen molar-refractivity contribution in [3.05, 3.63) is 34.6 Å². The van der Waals surface area contributed by atoms with Crippen molar-refractivity contribution in [3.8, 4) is 6.07 Å². The van der Waals surface area contributed by atoms with Gasteiger partial charge in [0.15, 0.2) is 0 Å². The Kier molecular flexibility index (Phi) is 4.27. The molecule has 0 spiro atoms. The van der Waals surface area contributed by atoms with Crippen molar-refractivity contribution < 1.29 is 9.18 Å². The van der Waals surface area contributed by atoms with Crippen molar-refractivity contribution in [3.63, 3.8) is 0 Å². The van der Waals surface area contributed by atoms with Gasteiger partial charge in [0.05, 0.1) is 11.1 Å². The number of rotatable bonds is 3. The molecule has 0 aliphatic carbocycles. The molecule has 1 aromatic carbocycles. The summed E-state index contributed by atoms with van der Waals surface area (Å²) < 4.78 is 13.1. The number of carbonyl (C=O) groups excluding carboxylic acids is 1. The van der Waals surface area contributed by atoms with Crippen LogP contribution in [-0.4, -0.2) is 23.9 Å². The highest BCUT2D eigenvalue weighted by Crippen LogP contribution is 2.16. The van der Waals surface area contributed by atoms with Gasteiger partial charge in [-0.1, -0.05) is 11.6 Å². The highest BCUT2D eigenvalue weighted by atomic mass is 35.5. The first-order chi connectivity index (χ1) is 7.60. The van der Waals surface area contributed by atoms with E-state index in [1.165, 1.54) is 17.0 Å². The Labute approximate surface area is 98.0 Å². The van der Waals surface area contributed by atoms with Crippen LogP contribution >= 0.6 is 11.6 Å². The van der Waals surface area contributed by atoms with E-state index < -0.39 is 5.82 Å². The Morgan fingerprint density at radius 3 is 2.81 bits per heavy atom. The SMILES string of the molecule is CCN(CC#N)C(=O)c1ccc(Cl)c(F)c1. The molecule has 0 heterocycles. The zero-order chi connectivity index (χ0) is 12.1. The van der Waals surface area contributed by atoms with E-state index in [1.54, 1.807) is 6.92 Å². The van der Waals surface area contributed by atoms with Gasteiger partial charge in [0.1, 0.15) is 12.4 Å². The quantitative estimate of drug-likeness (QED) is 0.762. The van der Waals surface area contributed by atoms with Crippen molar-refractivity contribution in [1.29, 1.82) is 5.26 Å². The predicted molar refractivity (Wildman–Crippen MR) is 58.6 cm³/mol. The molecule has 1 amide bonds. The second kappa shape index (κ2) is 5.47. The third-order valence-corrected chi connectivity index (χ3v) is 2.40. The van der Waals surface area contributed by atoms with Gasteiger partial charge in [-0.25, -0.2) is 4.39 Å². The summed E-state index contributed by atoms with van der Waals surface area (Å²) in [4.78, 5) is 13.1. The van der Waals surface area contributed by atoms with Crippen LogP contribution in [0.4, 0.5) is 4.39 Å². The molecule has 0 aromatic heterocycles. The number of nitriles is 1. The van der Waals surface area contributed by atoms with Crippen LogP contribution in [0.2, 0.25) is 5.02 Å². The first-order valence-electron chi connectivity index (χ1n) is 4.71. The number of hydrogen-bond acceptors (Lipinski definition) is 2. The highest BCUT2D eigenvalue weighted by molar-refractivity contribution is 6.30. The van der Waals surface area contributed by atoms with Crippen molar-refractivity contribution in [2.75, 3.05) is 13.1 Å². The molecule has 0 N–H and O–H groups in total.